The minimum atomic E-state index is -0.947. The lowest BCUT2D eigenvalue weighted by Gasteiger charge is -2.16. The quantitative estimate of drug-likeness (QED) is 0.748. The number of ether oxygens (including phenoxy) is 1. The third-order valence-electron chi connectivity index (χ3n) is 3.84. The summed E-state index contributed by atoms with van der Waals surface area (Å²) >= 11 is 0. The number of rotatable bonds is 8. The van der Waals surface area contributed by atoms with E-state index in [1.54, 1.807) is 6.08 Å². The van der Waals surface area contributed by atoms with Crippen molar-refractivity contribution < 1.29 is 14.6 Å². The minimum Gasteiger partial charge on any atom is -0.492 e. The monoisotopic (exact) mass is 289 g/mol. The smallest absolute Gasteiger partial charge is 0.328 e. The Kier molecular flexibility index (Phi) is 5.39. The average molecular weight is 289 g/mol. The van der Waals surface area contributed by atoms with Gasteiger partial charge in [0.25, 0.3) is 0 Å². The van der Waals surface area contributed by atoms with Crippen molar-refractivity contribution in [2.45, 2.75) is 13.3 Å². The van der Waals surface area contributed by atoms with E-state index in [1.165, 1.54) is 6.42 Å². The lowest BCUT2D eigenvalue weighted by Crippen LogP contribution is -2.26. The molecular formula is C17H23NO3. The summed E-state index contributed by atoms with van der Waals surface area (Å²) in [5, 5.41) is 8.62. The van der Waals surface area contributed by atoms with Crippen LogP contribution >= 0.6 is 0 Å². The van der Waals surface area contributed by atoms with Gasteiger partial charge in [0.2, 0.25) is 0 Å². The molecule has 0 heterocycles. The first kappa shape index (κ1) is 15.6. The van der Waals surface area contributed by atoms with Crippen LogP contribution < -0.4 is 4.74 Å². The van der Waals surface area contributed by atoms with Crippen LogP contribution in [0.15, 0.2) is 30.3 Å². The van der Waals surface area contributed by atoms with Gasteiger partial charge in [-0.3, -0.25) is 0 Å². The van der Waals surface area contributed by atoms with Gasteiger partial charge in [0, 0.05) is 19.2 Å². The van der Waals surface area contributed by atoms with Crippen molar-refractivity contribution in [2.75, 3.05) is 26.7 Å². The predicted molar refractivity (Wildman–Crippen MR) is 83.4 cm³/mol. The average Bonchev–Trinajstić information content (AvgIpc) is 3.12. The summed E-state index contributed by atoms with van der Waals surface area (Å²) in [7, 11) is 2.13. The Balaban J connectivity index is 1.74. The van der Waals surface area contributed by atoms with Crippen LogP contribution in [0.1, 0.15) is 18.9 Å². The Labute approximate surface area is 126 Å². The highest BCUT2D eigenvalue weighted by Crippen LogP contribution is 2.37. The molecular weight excluding hydrogens is 266 g/mol. The molecule has 2 unspecified atom stereocenters. The summed E-state index contributed by atoms with van der Waals surface area (Å²) in [5.74, 6) is 1.57. The zero-order chi connectivity index (χ0) is 15.2. The van der Waals surface area contributed by atoms with Crippen LogP contribution in [0.4, 0.5) is 0 Å². The van der Waals surface area contributed by atoms with Crippen LogP contribution in [0.2, 0.25) is 0 Å². The van der Waals surface area contributed by atoms with Gasteiger partial charge >= 0.3 is 5.97 Å². The summed E-state index contributed by atoms with van der Waals surface area (Å²) in [4.78, 5) is 12.8. The molecule has 0 saturated heterocycles. The molecule has 1 fully saturated rings. The standard InChI is InChI=1S/C17H23NO3/c1-13-10-15(13)12-18(2)8-9-21-16-5-3-4-14(11-16)6-7-17(19)20/h3-7,11,13,15H,8-10,12H2,1-2H3,(H,19,20). The van der Waals surface area contributed by atoms with Gasteiger partial charge in [-0.25, -0.2) is 4.79 Å². The van der Waals surface area contributed by atoms with Crippen molar-refractivity contribution in [3.8, 4) is 5.75 Å². The molecule has 21 heavy (non-hydrogen) atoms. The Morgan fingerprint density at radius 2 is 2.29 bits per heavy atom. The molecule has 0 spiro atoms. The van der Waals surface area contributed by atoms with Gasteiger partial charge < -0.3 is 14.7 Å². The summed E-state index contributed by atoms with van der Waals surface area (Å²) in [6.45, 7) is 4.99. The van der Waals surface area contributed by atoms with Gasteiger partial charge in [-0.2, -0.15) is 0 Å². The maximum atomic E-state index is 10.5. The second-order valence-electron chi connectivity index (χ2n) is 5.83. The number of hydrogen-bond donors (Lipinski definition) is 1. The van der Waals surface area contributed by atoms with Crippen molar-refractivity contribution in [1.29, 1.82) is 0 Å². The highest BCUT2D eigenvalue weighted by atomic mass is 16.5. The molecule has 4 nitrogen and oxygen atoms in total. The topological polar surface area (TPSA) is 49.8 Å². The van der Waals surface area contributed by atoms with E-state index in [0.717, 1.165) is 42.3 Å². The van der Waals surface area contributed by atoms with E-state index in [-0.39, 0.29) is 0 Å². The van der Waals surface area contributed by atoms with E-state index < -0.39 is 5.97 Å². The molecule has 0 bridgehead atoms. The second-order valence-corrected chi connectivity index (χ2v) is 5.83. The van der Waals surface area contributed by atoms with Crippen molar-refractivity contribution in [1.82, 2.24) is 4.90 Å². The van der Waals surface area contributed by atoms with Crippen LogP contribution in [-0.4, -0.2) is 42.7 Å². The number of benzene rings is 1. The molecule has 1 aliphatic carbocycles. The fourth-order valence-electron chi connectivity index (χ4n) is 2.34. The van der Waals surface area contributed by atoms with E-state index in [9.17, 15) is 4.79 Å². The molecule has 2 atom stereocenters. The molecule has 4 heteroatoms. The minimum absolute atomic E-state index is 0.643. The largest absolute Gasteiger partial charge is 0.492 e. The molecule has 0 amide bonds. The van der Waals surface area contributed by atoms with Crippen molar-refractivity contribution in [2.24, 2.45) is 11.8 Å². The van der Waals surface area contributed by atoms with E-state index in [2.05, 4.69) is 18.9 Å². The number of aliphatic carboxylic acids is 1. The predicted octanol–water partition coefficient (Wildman–Crippen LogP) is 2.75. The SMILES string of the molecule is CC1CC1CN(C)CCOc1cccc(C=CC(=O)O)c1. The Morgan fingerprint density at radius 1 is 1.52 bits per heavy atom. The van der Waals surface area contributed by atoms with Crippen molar-refractivity contribution in [3.05, 3.63) is 35.9 Å². The van der Waals surface area contributed by atoms with E-state index >= 15 is 0 Å². The number of carboxylic acid groups (broad SMARTS) is 1. The number of carbonyl (C=O) groups is 1. The third-order valence-corrected chi connectivity index (χ3v) is 3.84. The molecule has 1 aromatic rings. The molecule has 2 rings (SSSR count). The van der Waals surface area contributed by atoms with Crippen molar-refractivity contribution >= 4 is 12.0 Å². The Hall–Kier alpha value is -1.81. The van der Waals surface area contributed by atoms with Crippen molar-refractivity contribution in [3.63, 3.8) is 0 Å². The van der Waals surface area contributed by atoms with Gasteiger partial charge in [0.1, 0.15) is 12.4 Å². The highest BCUT2D eigenvalue weighted by molar-refractivity contribution is 5.85. The van der Waals surface area contributed by atoms with E-state index in [4.69, 9.17) is 9.84 Å². The zero-order valence-corrected chi connectivity index (χ0v) is 12.7. The van der Waals surface area contributed by atoms with Crippen LogP contribution in [0.5, 0.6) is 5.75 Å². The molecule has 1 aliphatic rings. The maximum absolute atomic E-state index is 10.5. The lowest BCUT2D eigenvalue weighted by molar-refractivity contribution is -0.131. The van der Waals surface area contributed by atoms with Crippen LogP contribution in [-0.2, 0) is 4.79 Å². The normalized spacial score (nSPS) is 20.9. The fourth-order valence-corrected chi connectivity index (χ4v) is 2.34. The fraction of sp³-hybridized carbons (Fsp3) is 0.471. The molecule has 1 N–H and O–H groups in total. The first-order chi connectivity index (χ1) is 10.0. The Bertz CT molecular complexity index is 513. The zero-order valence-electron chi connectivity index (χ0n) is 12.7. The van der Waals surface area contributed by atoms with Gasteiger partial charge in [0.15, 0.2) is 0 Å². The number of likely N-dealkylation sites (N-methyl/N-ethyl adjacent to an activating group) is 1. The highest BCUT2D eigenvalue weighted by Gasteiger charge is 2.32. The summed E-state index contributed by atoms with van der Waals surface area (Å²) in [6, 6.07) is 7.46. The number of nitrogens with zero attached hydrogens (tertiary/aromatic N) is 1. The Morgan fingerprint density at radius 3 is 2.95 bits per heavy atom. The van der Waals surface area contributed by atoms with E-state index in [1.807, 2.05) is 24.3 Å². The summed E-state index contributed by atoms with van der Waals surface area (Å²) in [5.41, 5.74) is 0.829. The van der Waals surface area contributed by atoms with Crippen LogP contribution in [0, 0.1) is 11.8 Å². The first-order valence-electron chi connectivity index (χ1n) is 7.37. The molecule has 114 valence electrons. The van der Waals surface area contributed by atoms with E-state index in [0.29, 0.717) is 6.61 Å². The van der Waals surface area contributed by atoms with Gasteiger partial charge in [-0.05, 0) is 49.1 Å². The van der Waals surface area contributed by atoms with Gasteiger partial charge in [-0.15, -0.1) is 0 Å². The van der Waals surface area contributed by atoms with Crippen LogP contribution in [0.25, 0.3) is 6.08 Å². The first-order valence-corrected chi connectivity index (χ1v) is 7.37. The maximum Gasteiger partial charge on any atom is 0.328 e. The van der Waals surface area contributed by atoms with Crippen LogP contribution in [0.3, 0.4) is 0 Å². The molecule has 0 radical (unpaired) electrons. The second kappa shape index (κ2) is 7.27. The molecule has 0 aliphatic heterocycles. The third kappa shape index (κ3) is 5.60. The van der Waals surface area contributed by atoms with Gasteiger partial charge in [0.05, 0.1) is 0 Å². The molecule has 0 aromatic heterocycles. The number of hydrogen-bond acceptors (Lipinski definition) is 3. The molecule has 1 aromatic carbocycles. The summed E-state index contributed by atoms with van der Waals surface area (Å²) < 4.78 is 5.73. The lowest BCUT2D eigenvalue weighted by atomic mass is 10.2. The van der Waals surface area contributed by atoms with Gasteiger partial charge in [-0.1, -0.05) is 19.1 Å². The summed E-state index contributed by atoms with van der Waals surface area (Å²) in [6.07, 6.45) is 4.04. The molecule has 1 saturated carbocycles. The number of carboxylic acids is 1.